The number of anilines is 1. The van der Waals surface area contributed by atoms with Crippen LogP contribution >= 0.6 is 0 Å². The molecule has 2 aromatic rings. The number of carbonyl (C=O) groups is 1. The Kier molecular flexibility index (Phi) is 3.13. The summed E-state index contributed by atoms with van der Waals surface area (Å²) in [5, 5.41) is 6.60. The van der Waals surface area contributed by atoms with Gasteiger partial charge in [0.25, 0.3) is 5.91 Å². The Hall–Kier alpha value is -2.24. The highest BCUT2D eigenvalue weighted by Gasteiger charge is 2.09. The van der Waals surface area contributed by atoms with Crippen molar-refractivity contribution in [1.29, 1.82) is 0 Å². The van der Waals surface area contributed by atoms with Gasteiger partial charge in [-0.2, -0.15) is 9.49 Å². The zero-order chi connectivity index (χ0) is 12.3. The van der Waals surface area contributed by atoms with Crippen LogP contribution in [0.5, 0.6) is 0 Å². The maximum absolute atomic E-state index is 12.8. The number of rotatable bonds is 3. The summed E-state index contributed by atoms with van der Waals surface area (Å²) >= 11 is 0. The van der Waals surface area contributed by atoms with Crippen LogP contribution in [0.25, 0.3) is 0 Å². The second-order valence-electron chi connectivity index (χ2n) is 3.38. The molecule has 1 N–H and O–H groups in total. The van der Waals surface area contributed by atoms with Crippen LogP contribution in [-0.2, 0) is 6.54 Å². The van der Waals surface area contributed by atoms with Gasteiger partial charge in [0, 0.05) is 12.7 Å². The highest BCUT2D eigenvalue weighted by atomic mass is 19.1. The van der Waals surface area contributed by atoms with Crippen molar-refractivity contribution < 1.29 is 9.18 Å². The molecule has 0 radical (unpaired) electrons. The summed E-state index contributed by atoms with van der Waals surface area (Å²) in [5.41, 5.74) is 0.595. The van der Waals surface area contributed by atoms with Crippen LogP contribution < -0.4 is 5.32 Å². The van der Waals surface area contributed by atoms with Crippen LogP contribution in [0.1, 0.15) is 17.4 Å². The molecule has 2 heterocycles. The summed E-state index contributed by atoms with van der Waals surface area (Å²) in [6.07, 6.45) is 3.22. The van der Waals surface area contributed by atoms with Gasteiger partial charge in [-0.15, -0.1) is 0 Å². The van der Waals surface area contributed by atoms with E-state index in [1.165, 1.54) is 24.4 Å². The maximum atomic E-state index is 12.8. The highest BCUT2D eigenvalue weighted by Crippen LogP contribution is 2.07. The van der Waals surface area contributed by atoms with E-state index < -0.39 is 11.9 Å². The van der Waals surface area contributed by atoms with Crippen molar-refractivity contribution in [2.45, 2.75) is 13.5 Å². The van der Waals surface area contributed by atoms with Gasteiger partial charge in [0.05, 0.1) is 11.9 Å². The van der Waals surface area contributed by atoms with Crippen molar-refractivity contribution in [1.82, 2.24) is 14.8 Å². The molecule has 0 aliphatic heterocycles. The van der Waals surface area contributed by atoms with E-state index in [2.05, 4.69) is 15.4 Å². The monoisotopic (exact) mass is 234 g/mol. The number of halogens is 1. The van der Waals surface area contributed by atoms with E-state index in [0.717, 1.165) is 0 Å². The molecule has 1 amide bonds. The predicted octanol–water partition coefficient (Wildman–Crippen LogP) is 1.69. The third kappa shape index (κ3) is 2.66. The Morgan fingerprint density at radius 2 is 2.35 bits per heavy atom. The van der Waals surface area contributed by atoms with E-state index >= 15 is 0 Å². The van der Waals surface area contributed by atoms with Gasteiger partial charge in [-0.3, -0.25) is 9.48 Å². The lowest BCUT2D eigenvalue weighted by Gasteiger charge is -2.01. The fourth-order valence-electron chi connectivity index (χ4n) is 1.33. The van der Waals surface area contributed by atoms with Crippen molar-refractivity contribution in [2.75, 3.05) is 5.32 Å². The number of aromatic nitrogens is 3. The zero-order valence-electron chi connectivity index (χ0n) is 9.22. The van der Waals surface area contributed by atoms with Crippen LogP contribution in [0, 0.1) is 5.95 Å². The van der Waals surface area contributed by atoms with Crippen LogP contribution in [0.3, 0.4) is 0 Å². The summed E-state index contributed by atoms with van der Waals surface area (Å²) in [6.45, 7) is 2.65. The SMILES string of the molecule is CCn1cc(NC(=O)c2cccc(F)n2)cn1. The summed E-state index contributed by atoms with van der Waals surface area (Å²) in [4.78, 5) is 15.2. The molecule has 5 nitrogen and oxygen atoms in total. The number of hydrogen-bond acceptors (Lipinski definition) is 3. The molecule has 0 aliphatic carbocycles. The van der Waals surface area contributed by atoms with Crippen molar-refractivity contribution in [2.24, 2.45) is 0 Å². The minimum Gasteiger partial charge on any atom is -0.318 e. The number of nitrogens with zero attached hydrogens (tertiary/aromatic N) is 3. The van der Waals surface area contributed by atoms with E-state index in [0.29, 0.717) is 12.2 Å². The molecule has 0 fully saturated rings. The lowest BCUT2D eigenvalue weighted by atomic mass is 10.3. The number of pyridine rings is 1. The molecule has 17 heavy (non-hydrogen) atoms. The molecule has 0 saturated carbocycles. The first-order chi connectivity index (χ1) is 8.19. The van der Waals surface area contributed by atoms with Gasteiger partial charge in [-0.05, 0) is 19.1 Å². The second-order valence-corrected chi connectivity index (χ2v) is 3.38. The Bertz CT molecular complexity index is 538. The number of hydrogen-bond donors (Lipinski definition) is 1. The Labute approximate surface area is 97.3 Å². The van der Waals surface area contributed by atoms with Gasteiger partial charge < -0.3 is 5.32 Å². The maximum Gasteiger partial charge on any atom is 0.274 e. The number of nitrogens with one attached hydrogen (secondary N) is 1. The lowest BCUT2D eigenvalue weighted by Crippen LogP contribution is -2.13. The highest BCUT2D eigenvalue weighted by molar-refractivity contribution is 6.02. The van der Waals surface area contributed by atoms with Gasteiger partial charge in [0.2, 0.25) is 5.95 Å². The Balaban J connectivity index is 2.11. The minimum absolute atomic E-state index is 0.0363. The first-order valence-corrected chi connectivity index (χ1v) is 5.15. The molecule has 0 aliphatic rings. The average Bonchev–Trinajstić information content (AvgIpc) is 2.77. The average molecular weight is 234 g/mol. The Morgan fingerprint density at radius 3 is 3.00 bits per heavy atom. The summed E-state index contributed by atoms with van der Waals surface area (Å²) in [5.74, 6) is -1.14. The molecule has 2 rings (SSSR count). The molecule has 88 valence electrons. The summed E-state index contributed by atoms with van der Waals surface area (Å²) < 4.78 is 14.5. The van der Waals surface area contributed by atoms with Crippen LogP contribution in [0.15, 0.2) is 30.6 Å². The standard InChI is InChI=1S/C11H11FN4O/c1-2-16-7-8(6-13-16)14-11(17)9-4-3-5-10(12)15-9/h3-7H,2H2,1H3,(H,14,17). The third-order valence-electron chi connectivity index (χ3n) is 2.16. The first kappa shape index (κ1) is 11.3. The molecular weight excluding hydrogens is 223 g/mol. The fourth-order valence-corrected chi connectivity index (χ4v) is 1.33. The second kappa shape index (κ2) is 4.73. The molecule has 0 bridgehead atoms. The molecule has 2 aromatic heterocycles. The third-order valence-corrected chi connectivity index (χ3v) is 2.16. The largest absolute Gasteiger partial charge is 0.318 e. The summed E-state index contributed by atoms with van der Waals surface area (Å²) in [7, 11) is 0. The normalized spacial score (nSPS) is 10.2. The van der Waals surface area contributed by atoms with Gasteiger partial charge in [-0.1, -0.05) is 6.07 Å². The quantitative estimate of drug-likeness (QED) is 0.822. The molecule has 6 heteroatoms. The first-order valence-electron chi connectivity index (χ1n) is 5.15. The number of aryl methyl sites for hydroxylation is 1. The van der Waals surface area contributed by atoms with E-state index in [1.54, 1.807) is 10.9 Å². The van der Waals surface area contributed by atoms with E-state index in [4.69, 9.17) is 0 Å². The van der Waals surface area contributed by atoms with E-state index in [9.17, 15) is 9.18 Å². The fraction of sp³-hybridized carbons (Fsp3) is 0.182. The van der Waals surface area contributed by atoms with Crippen molar-refractivity contribution in [3.63, 3.8) is 0 Å². The molecule has 0 unspecified atom stereocenters. The van der Waals surface area contributed by atoms with E-state index in [-0.39, 0.29) is 5.69 Å². The van der Waals surface area contributed by atoms with Crippen molar-refractivity contribution >= 4 is 11.6 Å². The van der Waals surface area contributed by atoms with E-state index in [1.807, 2.05) is 6.92 Å². The lowest BCUT2D eigenvalue weighted by molar-refractivity contribution is 0.102. The molecule has 0 aromatic carbocycles. The van der Waals surface area contributed by atoms with Crippen molar-refractivity contribution in [3.05, 3.63) is 42.2 Å². The molecule has 0 saturated heterocycles. The van der Waals surface area contributed by atoms with Crippen LogP contribution in [0.4, 0.5) is 10.1 Å². The van der Waals surface area contributed by atoms with Crippen LogP contribution in [-0.4, -0.2) is 20.7 Å². The molecule has 0 spiro atoms. The number of amides is 1. The predicted molar refractivity (Wildman–Crippen MR) is 60.0 cm³/mol. The van der Waals surface area contributed by atoms with Gasteiger partial charge in [0.1, 0.15) is 5.69 Å². The van der Waals surface area contributed by atoms with Crippen LogP contribution in [0.2, 0.25) is 0 Å². The van der Waals surface area contributed by atoms with Crippen molar-refractivity contribution in [3.8, 4) is 0 Å². The molecule has 0 atom stereocenters. The zero-order valence-corrected chi connectivity index (χ0v) is 9.22. The smallest absolute Gasteiger partial charge is 0.274 e. The van der Waals surface area contributed by atoms with Gasteiger partial charge in [0.15, 0.2) is 0 Å². The van der Waals surface area contributed by atoms with Gasteiger partial charge in [-0.25, -0.2) is 4.98 Å². The Morgan fingerprint density at radius 1 is 1.53 bits per heavy atom. The number of carbonyl (C=O) groups excluding carboxylic acids is 1. The topological polar surface area (TPSA) is 59.8 Å². The molecular formula is C11H11FN4O. The minimum atomic E-state index is -0.679. The van der Waals surface area contributed by atoms with Gasteiger partial charge >= 0.3 is 0 Å². The summed E-state index contributed by atoms with van der Waals surface area (Å²) in [6, 6.07) is 4.07.